The Hall–Kier alpha value is -1.89. The van der Waals surface area contributed by atoms with Crippen molar-refractivity contribution in [2.45, 2.75) is 44.5 Å². The second-order valence-electron chi connectivity index (χ2n) is 6.10. The maximum absolute atomic E-state index is 13.6. The van der Waals surface area contributed by atoms with Gasteiger partial charge in [0.15, 0.2) is 0 Å². The zero-order valence-corrected chi connectivity index (χ0v) is 12.6. The van der Waals surface area contributed by atoms with Crippen LogP contribution in [0.1, 0.15) is 41.6 Å². The highest BCUT2D eigenvalue weighted by Gasteiger charge is 2.68. The Morgan fingerprint density at radius 2 is 2.13 bits per heavy atom. The average Bonchev–Trinajstić information content (AvgIpc) is 2.81. The quantitative estimate of drug-likeness (QED) is 0.861. The summed E-state index contributed by atoms with van der Waals surface area (Å²) in [6.45, 7) is 1.74. The third-order valence-corrected chi connectivity index (χ3v) is 4.49. The van der Waals surface area contributed by atoms with E-state index in [-0.39, 0.29) is 22.7 Å². The first kappa shape index (κ1) is 16.0. The van der Waals surface area contributed by atoms with Crippen molar-refractivity contribution < 1.29 is 23.1 Å². The molecule has 1 amide bonds. The summed E-state index contributed by atoms with van der Waals surface area (Å²) in [5.74, 6) is -2.11. The molecule has 2 aliphatic rings. The van der Waals surface area contributed by atoms with Crippen molar-refractivity contribution in [2.75, 3.05) is 0 Å². The van der Waals surface area contributed by atoms with Gasteiger partial charge in [0.1, 0.15) is 0 Å². The van der Waals surface area contributed by atoms with Gasteiger partial charge in [-0.15, -0.1) is 0 Å². The molecule has 23 heavy (non-hydrogen) atoms. The molecule has 7 heteroatoms. The van der Waals surface area contributed by atoms with Crippen LogP contribution in [0.5, 0.6) is 0 Å². The molecule has 1 saturated carbocycles. The number of hydrogen-bond donors (Lipinski definition) is 1. The molecule has 1 aliphatic heterocycles. The van der Waals surface area contributed by atoms with Crippen LogP contribution in [0.2, 0.25) is 0 Å². The Kier molecular flexibility index (Phi) is 3.71. The van der Waals surface area contributed by atoms with Gasteiger partial charge in [-0.3, -0.25) is 4.79 Å². The van der Waals surface area contributed by atoms with Gasteiger partial charge in [-0.1, -0.05) is 24.1 Å². The lowest BCUT2D eigenvalue weighted by atomic mass is 9.80. The molecule has 0 radical (unpaired) electrons. The first-order valence-corrected chi connectivity index (χ1v) is 7.53. The number of fused-ring (bicyclic) bond motifs is 1. The summed E-state index contributed by atoms with van der Waals surface area (Å²) in [5, 5.41) is 14.6. The fourth-order valence-corrected chi connectivity index (χ4v) is 3.32. The lowest BCUT2D eigenvalue weighted by Gasteiger charge is -2.38. The average molecular weight is 326 g/mol. The number of nitrogens with zero attached hydrogens (tertiary/aromatic N) is 2. The summed E-state index contributed by atoms with van der Waals surface area (Å²) in [6, 6.07) is 6.24. The SMILES string of the molecule is Cc1cccc(C(=O)N2N=C3CCCC[C@@H]3[C@]2(O)C(F)(F)F)c1. The number of hydrazone groups is 1. The fraction of sp³-hybridized carbons (Fsp3) is 0.500. The van der Waals surface area contributed by atoms with Crippen LogP contribution in [-0.4, -0.2) is 33.6 Å². The Bertz CT molecular complexity index is 672. The Balaban J connectivity index is 2.05. The molecule has 1 heterocycles. The summed E-state index contributed by atoms with van der Waals surface area (Å²) >= 11 is 0. The van der Waals surface area contributed by atoms with Crippen molar-refractivity contribution in [3.05, 3.63) is 35.4 Å². The molecule has 1 aliphatic carbocycles. The number of carbonyl (C=O) groups excluding carboxylic acids is 1. The Morgan fingerprint density at radius 1 is 1.39 bits per heavy atom. The normalized spacial score (nSPS) is 27.6. The lowest BCUT2D eigenvalue weighted by molar-refractivity contribution is -0.312. The third-order valence-electron chi connectivity index (χ3n) is 4.49. The number of hydrogen-bond acceptors (Lipinski definition) is 3. The summed E-state index contributed by atoms with van der Waals surface area (Å²) in [6.07, 6.45) is -3.13. The van der Waals surface area contributed by atoms with Crippen molar-refractivity contribution in [1.82, 2.24) is 5.01 Å². The Labute approximate surface area is 131 Å². The standard InChI is InChI=1S/C16H17F3N2O2/c1-10-5-4-6-11(9-10)14(22)21-15(23,16(17,18)19)12-7-2-3-8-13(12)20-21/h4-6,9,12,23H,2-3,7-8H2,1H3/t12-,15-/m0/s1. The molecule has 0 bridgehead atoms. The molecule has 1 aromatic carbocycles. The van der Waals surface area contributed by atoms with E-state index in [0.29, 0.717) is 12.8 Å². The van der Waals surface area contributed by atoms with Gasteiger partial charge in [0, 0.05) is 11.3 Å². The lowest BCUT2D eigenvalue weighted by Crippen LogP contribution is -2.61. The summed E-state index contributed by atoms with van der Waals surface area (Å²) in [7, 11) is 0. The minimum absolute atomic E-state index is 0.0793. The first-order chi connectivity index (χ1) is 10.7. The van der Waals surface area contributed by atoms with Crippen molar-refractivity contribution in [3.8, 4) is 0 Å². The number of benzene rings is 1. The van der Waals surface area contributed by atoms with Crippen LogP contribution < -0.4 is 0 Å². The molecule has 0 aromatic heterocycles. The number of carbonyl (C=O) groups is 1. The molecule has 0 spiro atoms. The molecular weight excluding hydrogens is 309 g/mol. The number of alkyl halides is 3. The van der Waals surface area contributed by atoms with Gasteiger partial charge in [-0.25, -0.2) is 0 Å². The fourth-order valence-electron chi connectivity index (χ4n) is 3.32. The van der Waals surface area contributed by atoms with Crippen LogP contribution in [0.15, 0.2) is 29.4 Å². The molecule has 1 fully saturated rings. The van der Waals surface area contributed by atoms with Gasteiger partial charge in [-0.2, -0.15) is 23.3 Å². The van der Waals surface area contributed by atoms with Gasteiger partial charge >= 0.3 is 6.18 Å². The van der Waals surface area contributed by atoms with E-state index in [2.05, 4.69) is 5.10 Å². The topological polar surface area (TPSA) is 52.9 Å². The highest BCUT2D eigenvalue weighted by molar-refractivity contribution is 5.99. The van der Waals surface area contributed by atoms with E-state index < -0.39 is 23.7 Å². The van der Waals surface area contributed by atoms with Crippen LogP contribution in [0.25, 0.3) is 0 Å². The number of amides is 1. The van der Waals surface area contributed by atoms with E-state index in [9.17, 15) is 23.1 Å². The molecule has 0 unspecified atom stereocenters. The molecule has 124 valence electrons. The van der Waals surface area contributed by atoms with Crippen LogP contribution in [0, 0.1) is 12.8 Å². The maximum Gasteiger partial charge on any atom is 0.439 e. The van der Waals surface area contributed by atoms with Gasteiger partial charge < -0.3 is 5.11 Å². The molecule has 3 rings (SSSR count). The van der Waals surface area contributed by atoms with Crippen molar-refractivity contribution in [3.63, 3.8) is 0 Å². The summed E-state index contributed by atoms with van der Waals surface area (Å²) in [4.78, 5) is 12.6. The highest BCUT2D eigenvalue weighted by Crippen LogP contribution is 2.48. The second-order valence-corrected chi connectivity index (χ2v) is 6.10. The smallest absolute Gasteiger partial charge is 0.362 e. The zero-order chi connectivity index (χ0) is 16.8. The van der Waals surface area contributed by atoms with Crippen LogP contribution in [0.4, 0.5) is 13.2 Å². The van der Waals surface area contributed by atoms with Crippen molar-refractivity contribution >= 4 is 11.6 Å². The predicted molar refractivity (Wildman–Crippen MR) is 77.7 cm³/mol. The number of halogens is 3. The van der Waals surface area contributed by atoms with Crippen LogP contribution in [0.3, 0.4) is 0 Å². The van der Waals surface area contributed by atoms with Crippen LogP contribution in [-0.2, 0) is 0 Å². The number of rotatable bonds is 1. The van der Waals surface area contributed by atoms with E-state index >= 15 is 0 Å². The molecule has 1 aromatic rings. The van der Waals surface area contributed by atoms with E-state index in [1.165, 1.54) is 12.1 Å². The minimum atomic E-state index is -4.97. The molecule has 2 atom stereocenters. The van der Waals surface area contributed by atoms with Crippen molar-refractivity contribution in [2.24, 2.45) is 11.0 Å². The minimum Gasteiger partial charge on any atom is -0.362 e. The molecule has 4 nitrogen and oxygen atoms in total. The monoisotopic (exact) mass is 326 g/mol. The van der Waals surface area contributed by atoms with Gasteiger partial charge in [0.25, 0.3) is 11.6 Å². The van der Waals surface area contributed by atoms with E-state index in [1.54, 1.807) is 19.1 Å². The van der Waals surface area contributed by atoms with E-state index in [0.717, 1.165) is 12.0 Å². The largest absolute Gasteiger partial charge is 0.439 e. The molecule has 1 N–H and O–H groups in total. The van der Waals surface area contributed by atoms with Gasteiger partial charge in [0.05, 0.1) is 5.92 Å². The van der Waals surface area contributed by atoms with Crippen molar-refractivity contribution in [1.29, 1.82) is 0 Å². The molecular formula is C16H17F3N2O2. The summed E-state index contributed by atoms with van der Waals surface area (Å²) in [5.41, 5.74) is -2.17. The Morgan fingerprint density at radius 3 is 2.78 bits per heavy atom. The van der Waals surface area contributed by atoms with E-state index in [4.69, 9.17) is 0 Å². The second kappa shape index (κ2) is 5.33. The van der Waals surface area contributed by atoms with Crippen LogP contribution >= 0.6 is 0 Å². The zero-order valence-electron chi connectivity index (χ0n) is 12.6. The number of aryl methyl sites for hydroxylation is 1. The third kappa shape index (κ3) is 2.43. The molecule has 0 saturated heterocycles. The van der Waals surface area contributed by atoms with Gasteiger partial charge in [-0.05, 0) is 38.3 Å². The highest BCUT2D eigenvalue weighted by atomic mass is 19.4. The number of aliphatic hydroxyl groups is 1. The van der Waals surface area contributed by atoms with Gasteiger partial charge in [0.2, 0.25) is 0 Å². The first-order valence-electron chi connectivity index (χ1n) is 7.53. The van der Waals surface area contributed by atoms with E-state index in [1.807, 2.05) is 0 Å². The predicted octanol–water partition coefficient (Wildman–Crippen LogP) is 3.25. The summed E-state index contributed by atoms with van der Waals surface area (Å²) < 4.78 is 40.8. The maximum atomic E-state index is 13.6.